The van der Waals surface area contributed by atoms with Gasteiger partial charge in [-0.15, -0.1) is 0 Å². The smallest absolute Gasteiger partial charge is 0.296 e. The van der Waals surface area contributed by atoms with E-state index in [1.165, 1.54) is 0 Å². The molecule has 0 atom stereocenters. The van der Waals surface area contributed by atoms with E-state index in [-0.39, 0.29) is 0 Å². The van der Waals surface area contributed by atoms with E-state index in [1.54, 1.807) is 6.07 Å². The van der Waals surface area contributed by atoms with Gasteiger partial charge >= 0.3 is 0 Å². The molecule has 0 saturated heterocycles. The highest BCUT2D eigenvalue weighted by Gasteiger charge is 2.25. The molecule has 0 unspecified atom stereocenters. The van der Waals surface area contributed by atoms with E-state index in [9.17, 15) is 9.59 Å². The molecular weight excluding hydrogens is 262 g/mol. The van der Waals surface area contributed by atoms with Crippen molar-refractivity contribution in [2.75, 3.05) is 5.32 Å². The molecule has 2 aromatic rings. The molecule has 0 aliphatic heterocycles. The molecule has 3 heteroatoms. The molecule has 0 fully saturated rings. The number of Topliss-reactive ketones (excluding diaryl/α,β-unsaturated/α-hetero) is 1. The third kappa shape index (κ3) is 2.63. The zero-order valence-electron chi connectivity index (χ0n) is 11.7. The molecule has 0 spiro atoms. The van der Waals surface area contributed by atoms with Gasteiger partial charge in [0.2, 0.25) is 0 Å². The van der Waals surface area contributed by atoms with Crippen molar-refractivity contribution in [1.29, 1.82) is 0 Å². The number of benzene rings is 2. The van der Waals surface area contributed by atoms with Gasteiger partial charge in [-0.2, -0.15) is 0 Å². The highest BCUT2D eigenvalue weighted by atomic mass is 16.2. The molecule has 2 aromatic carbocycles. The topological polar surface area (TPSA) is 46.2 Å². The van der Waals surface area contributed by atoms with E-state index >= 15 is 0 Å². The van der Waals surface area contributed by atoms with E-state index in [0.29, 0.717) is 17.7 Å². The summed E-state index contributed by atoms with van der Waals surface area (Å²) in [4.78, 5) is 24.4. The van der Waals surface area contributed by atoms with Gasteiger partial charge in [-0.05, 0) is 42.2 Å². The quantitative estimate of drug-likeness (QED) is 0.876. The normalized spacial score (nSPS) is 12.5. The van der Waals surface area contributed by atoms with Crippen LogP contribution in [0, 0.1) is 6.92 Å². The van der Waals surface area contributed by atoms with Crippen molar-refractivity contribution in [3.05, 3.63) is 71.3 Å². The summed E-state index contributed by atoms with van der Waals surface area (Å²) in [6.45, 7) is 1.94. The molecule has 1 aliphatic carbocycles. The molecule has 1 amide bonds. The summed E-state index contributed by atoms with van der Waals surface area (Å²) in [5.74, 6) is -1.08. The summed E-state index contributed by atoms with van der Waals surface area (Å²) in [5, 5.41) is 2.66. The fourth-order valence-electron chi connectivity index (χ4n) is 2.53. The Morgan fingerprint density at radius 2 is 1.86 bits per heavy atom. The fraction of sp³-hybridized carbons (Fsp3) is 0.111. The van der Waals surface area contributed by atoms with Crippen LogP contribution in [0.25, 0.3) is 5.57 Å². The number of anilines is 1. The van der Waals surface area contributed by atoms with Gasteiger partial charge in [-0.25, -0.2) is 0 Å². The van der Waals surface area contributed by atoms with Gasteiger partial charge in [0.05, 0.1) is 0 Å². The number of ketones is 1. The lowest BCUT2D eigenvalue weighted by molar-refractivity contribution is -0.131. The van der Waals surface area contributed by atoms with Crippen LogP contribution in [0.15, 0.2) is 54.6 Å². The zero-order chi connectivity index (χ0) is 14.8. The number of hydrogen-bond acceptors (Lipinski definition) is 2. The summed E-state index contributed by atoms with van der Waals surface area (Å²) in [7, 11) is 0. The maximum absolute atomic E-state index is 12.3. The lowest BCUT2D eigenvalue weighted by Crippen LogP contribution is -2.23. The van der Waals surface area contributed by atoms with Gasteiger partial charge in [-0.3, -0.25) is 9.59 Å². The summed E-state index contributed by atoms with van der Waals surface area (Å²) < 4.78 is 0. The number of aryl methyl sites for hydroxylation is 1. The average molecular weight is 277 g/mol. The van der Waals surface area contributed by atoms with Gasteiger partial charge in [0.25, 0.3) is 11.7 Å². The van der Waals surface area contributed by atoms with Crippen molar-refractivity contribution < 1.29 is 9.59 Å². The van der Waals surface area contributed by atoms with Gasteiger partial charge in [0.15, 0.2) is 0 Å². The van der Waals surface area contributed by atoms with Crippen LogP contribution in [0.5, 0.6) is 0 Å². The monoisotopic (exact) mass is 277 g/mol. The molecular formula is C18H15NO2. The number of carbonyl (C=O) groups is 2. The number of rotatable bonds is 3. The molecule has 1 aliphatic rings. The first-order valence-electron chi connectivity index (χ1n) is 6.86. The largest absolute Gasteiger partial charge is 0.319 e. The Morgan fingerprint density at radius 3 is 2.67 bits per heavy atom. The Morgan fingerprint density at radius 1 is 1.05 bits per heavy atom. The summed E-state index contributed by atoms with van der Waals surface area (Å²) >= 11 is 0. The van der Waals surface area contributed by atoms with Crippen molar-refractivity contribution in [2.45, 2.75) is 13.3 Å². The van der Waals surface area contributed by atoms with Crippen LogP contribution in [-0.2, 0) is 16.0 Å². The lowest BCUT2D eigenvalue weighted by atomic mass is 10.0. The maximum atomic E-state index is 12.3. The number of hydrogen-bond donors (Lipinski definition) is 1. The van der Waals surface area contributed by atoms with E-state index < -0.39 is 11.7 Å². The zero-order valence-corrected chi connectivity index (χ0v) is 11.7. The third-order valence-corrected chi connectivity index (χ3v) is 3.56. The van der Waals surface area contributed by atoms with Crippen LogP contribution in [0.3, 0.4) is 0 Å². The van der Waals surface area contributed by atoms with Crippen molar-refractivity contribution >= 4 is 23.0 Å². The van der Waals surface area contributed by atoms with E-state index in [1.807, 2.05) is 55.5 Å². The fourth-order valence-corrected chi connectivity index (χ4v) is 2.53. The standard InChI is InChI=1S/C18H15NO2/c1-12-5-4-7-14(11-12)19-18(21)17(20)16-10-9-13-6-2-3-8-15(13)16/h2-8,10-11H,9H2,1H3,(H,19,21). The Kier molecular flexibility index (Phi) is 3.40. The highest BCUT2D eigenvalue weighted by Crippen LogP contribution is 2.28. The Bertz CT molecular complexity index is 759. The minimum atomic E-state index is -0.594. The summed E-state index contributed by atoms with van der Waals surface area (Å²) in [6.07, 6.45) is 2.53. The van der Waals surface area contributed by atoms with Gasteiger partial charge in [0, 0.05) is 11.3 Å². The van der Waals surface area contributed by atoms with E-state index in [0.717, 1.165) is 16.7 Å². The Labute approximate surface area is 123 Å². The van der Waals surface area contributed by atoms with E-state index in [2.05, 4.69) is 5.32 Å². The second kappa shape index (κ2) is 5.37. The van der Waals surface area contributed by atoms with Gasteiger partial charge in [-0.1, -0.05) is 42.5 Å². The Balaban J connectivity index is 1.79. The second-order valence-electron chi connectivity index (χ2n) is 5.13. The molecule has 0 bridgehead atoms. The molecule has 3 rings (SSSR count). The predicted molar refractivity (Wildman–Crippen MR) is 82.9 cm³/mol. The van der Waals surface area contributed by atoms with Gasteiger partial charge in [0.1, 0.15) is 0 Å². The number of amides is 1. The average Bonchev–Trinajstić information content (AvgIpc) is 2.90. The van der Waals surface area contributed by atoms with Crippen LogP contribution in [0.4, 0.5) is 5.69 Å². The molecule has 0 radical (unpaired) electrons. The molecule has 0 heterocycles. The second-order valence-corrected chi connectivity index (χ2v) is 5.13. The van der Waals surface area contributed by atoms with Crippen LogP contribution in [0.1, 0.15) is 16.7 Å². The molecule has 0 saturated carbocycles. The number of carbonyl (C=O) groups excluding carboxylic acids is 2. The molecule has 104 valence electrons. The summed E-state index contributed by atoms with van der Waals surface area (Å²) in [6, 6.07) is 15.1. The number of nitrogens with one attached hydrogen (secondary N) is 1. The van der Waals surface area contributed by atoms with Crippen LogP contribution in [0.2, 0.25) is 0 Å². The van der Waals surface area contributed by atoms with Crippen LogP contribution in [-0.4, -0.2) is 11.7 Å². The first kappa shape index (κ1) is 13.3. The highest BCUT2D eigenvalue weighted by molar-refractivity contribution is 6.56. The molecule has 21 heavy (non-hydrogen) atoms. The van der Waals surface area contributed by atoms with E-state index in [4.69, 9.17) is 0 Å². The van der Waals surface area contributed by atoms with Crippen molar-refractivity contribution in [1.82, 2.24) is 0 Å². The SMILES string of the molecule is Cc1cccc(NC(=O)C(=O)C2=CCc3ccccc32)c1. The van der Waals surface area contributed by atoms with Crippen molar-refractivity contribution in [3.8, 4) is 0 Å². The maximum Gasteiger partial charge on any atom is 0.296 e. The first-order valence-corrected chi connectivity index (χ1v) is 6.86. The Hall–Kier alpha value is -2.68. The third-order valence-electron chi connectivity index (χ3n) is 3.56. The first-order chi connectivity index (χ1) is 10.1. The minimum Gasteiger partial charge on any atom is -0.319 e. The minimum absolute atomic E-state index is 0.485. The van der Waals surface area contributed by atoms with Crippen LogP contribution < -0.4 is 5.32 Å². The van der Waals surface area contributed by atoms with Crippen LogP contribution >= 0.6 is 0 Å². The van der Waals surface area contributed by atoms with Crippen molar-refractivity contribution in [2.24, 2.45) is 0 Å². The number of allylic oxidation sites excluding steroid dienone is 1. The van der Waals surface area contributed by atoms with Crippen molar-refractivity contribution in [3.63, 3.8) is 0 Å². The van der Waals surface area contributed by atoms with Gasteiger partial charge < -0.3 is 5.32 Å². The lowest BCUT2D eigenvalue weighted by Gasteiger charge is -2.07. The molecule has 0 aromatic heterocycles. The number of fused-ring (bicyclic) bond motifs is 1. The molecule has 1 N–H and O–H groups in total. The molecule has 3 nitrogen and oxygen atoms in total. The predicted octanol–water partition coefficient (Wildman–Crippen LogP) is 3.14. The summed E-state index contributed by atoms with van der Waals surface area (Å²) in [5.41, 5.74) is 4.12.